The molecule has 202 valence electrons. The van der Waals surface area contributed by atoms with Gasteiger partial charge in [-0.3, -0.25) is 9.59 Å². The maximum atomic E-state index is 13.9. The first-order chi connectivity index (χ1) is 18.4. The molecule has 0 spiro atoms. The van der Waals surface area contributed by atoms with Crippen molar-refractivity contribution >= 4 is 11.8 Å². The summed E-state index contributed by atoms with van der Waals surface area (Å²) >= 11 is 0. The molecule has 0 fully saturated rings. The minimum atomic E-state index is -0.380. The zero-order chi connectivity index (χ0) is 27.2. The van der Waals surface area contributed by atoms with E-state index in [1.165, 1.54) is 12.1 Å². The number of aliphatic hydroxyl groups is 1. The number of unbranched alkanes of at least 4 members (excludes halogenated alkanes) is 2. The molecule has 4 rings (SSSR count). The molecule has 2 aromatic carbocycles. The molecule has 1 aliphatic rings. The normalized spacial score (nSPS) is 14.8. The minimum Gasteiger partial charge on any atom is -0.508 e. The molecule has 8 nitrogen and oxygen atoms in total. The second-order valence-electron chi connectivity index (χ2n) is 10.0. The van der Waals surface area contributed by atoms with E-state index in [0.717, 1.165) is 36.8 Å². The predicted octanol–water partition coefficient (Wildman–Crippen LogP) is 4.49. The quantitative estimate of drug-likeness (QED) is 0.412. The average Bonchev–Trinajstić information content (AvgIpc) is 3.32. The van der Waals surface area contributed by atoms with E-state index in [1.54, 1.807) is 21.7 Å². The lowest BCUT2D eigenvalue weighted by molar-refractivity contribution is 0.0543. The average molecular weight is 519 g/mol. The summed E-state index contributed by atoms with van der Waals surface area (Å²) in [6, 6.07) is 13.9. The van der Waals surface area contributed by atoms with Crippen molar-refractivity contribution in [2.24, 2.45) is 0 Å². The predicted molar refractivity (Wildman–Crippen MR) is 147 cm³/mol. The highest BCUT2D eigenvalue weighted by molar-refractivity contribution is 5.99. The number of hydrogen-bond acceptors (Lipinski definition) is 5. The summed E-state index contributed by atoms with van der Waals surface area (Å²) in [5.41, 5.74) is 3.95. The summed E-state index contributed by atoms with van der Waals surface area (Å²) in [4.78, 5) is 30.8. The van der Waals surface area contributed by atoms with E-state index in [0.29, 0.717) is 43.1 Å². The van der Waals surface area contributed by atoms with Crippen LogP contribution in [0, 0.1) is 6.92 Å². The van der Waals surface area contributed by atoms with E-state index in [9.17, 15) is 19.8 Å². The van der Waals surface area contributed by atoms with Crippen molar-refractivity contribution in [1.82, 2.24) is 19.6 Å². The van der Waals surface area contributed by atoms with Gasteiger partial charge in [-0.05, 0) is 61.6 Å². The lowest BCUT2D eigenvalue weighted by Crippen LogP contribution is -2.46. The third kappa shape index (κ3) is 5.75. The molecule has 0 bridgehead atoms. The van der Waals surface area contributed by atoms with Crippen LogP contribution in [-0.4, -0.2) is 67.3 Å². The van der Waals surface area contributed by atoms with Crippen molar-refractivity contribution in [1.29, 1.82) is 0 Å². The summed E-state index contributed by atoms with van der Waals surface area (Å²) in [5.74, 6) is -0.463. The Labute approximate surface area is 224 Å². The number of carbonyl (C=O) groups excluding carboxylic acids is 2. The van der Waals surface area contributed by atoms with Crippen LogP contribution in [0.15, 0.2) is 48.5 Å². The molecule has 3 aromatic rings. The largest absolute Gasteiger partial charge is 0.508 e. The van der Waals surface area contributed by atoms with Crippen LogP contribution in [0.1, 0.15) is 77.2 Å². The third-order valence-electron chi connectivity index (χ3n) is 7.22. The molecule has 8 heteroatoms. The SMILES string of the molecule is CCCCN(CCCC)C(=O)c1cc(C)n(-c2ccc(O)cc2C(=O)N2Cc3ccccc3C[C@H]2CO)n1. The van der Waals surface area contributed by atoms with Crippen molar-refractivity contribution in [3.05, 3.63) is 76.6 Å². The van der Waals surface area contributed by atoms with Gasteiger partial charge in [-0.1, -0.05) is 51.0 Å². The highest BCUT2D eigenvalue weighted by atomic mass is 16.3. The van der Waals surface area contributed by atoms with Crippen LogP contribution in [0.5, 0.6) is 5.75 Å². The van der Waals surface area contributed by atoms with Crippen molar-refractivity contribution in [2.45, 2.75) is 65.5 Å². The van der Waals surface area contributed by atoms with Gasteiger partial charge >= 0.3 is 0 Å². The van der Waals surface area contributed by atoms with Gasteiger partial charge in [-0.25, -0.2) is 4.68 Å². The van der Waals surface area contributed by atoms with Gasteiger partial charge < -0.3 is 20.0 Å². The topological polar surface area (TPSA) is 98.9 Å². The van der Waals surface area contributed by atoms with Gasteiger partial charge in [0.05, 0.1) is 23.9 Å². The second kappa shape index (κ2) is 12.3. The van der Waals surface area contributed by atoms with E-state index in [-0.39, 0.29) is 35.8 Å². The molecule has 1 aromatic heterocycles. The van der Waals surface area contributed by atoms with E-state index in [4.69, 9.17) is 0 Å². The summed E-state index contributed by atoms with van der Waals surface area (Å²) in [6.45, 7) is 7.62. The van der Waals surface area contributed by atoms with Crippen LogP contribution in [-0.2, 0) is 13.0 Å². The number of aryl methyl sites for hydroxylation is 1. The Kier molecular flexibility index (Phi) is 8.84. The highest BCUT2D eigenvalue weighted by Crippen LogP contribution is 2.29. The molecule has 1 aliphatic heterocycles. The smallest absolute Gasteiger partial charge is 0.274 e. The number of fused-ring (bicyclic) bond motifs is 1. The van der Waals surface area contributed by atoms with Gasteiger partial charge in [-0.15, -0.1) is 0 Å². The minimum absolute atomic E-state index is 0.0403. The van der Waals surface area contributed by atoms with Gasteiger partial charge in [0.2, 0.25) is 0 Å². The first kappa shape index (κ1) is 27.4. The summed E-state index contributed by atoms with van der Waals surface area (Å²) in [6.07, 6.45) is 4.40. The van der Waals surface area contributed by atoms with Crippen molar-refractivity contribution in [3.63, 3.8) is 0 Å². The number of benzene rings is 2. The number of phenolic OH excluding ortho intramolecular Hbond substituents is 1. The van der Waals surface area contributed by atoms with E-state index in [2.05, 4.69) is 18.9 Å². The molecule has 0 radical (unpaired) electrons. The number of amides is 2. The number of aromatic hydroxyl groups is 1. The first-order valence-corrected chi connectivity index (χ1v) is 13.6. The number of rotatable bonds is 10. The van der Waals surface area contributed by atoms with E-state index in [1.807, 2.05) is 36.1 Å². The van der Waals surface area contributed by atoms with Gasteiger partial charge in [0.15, 0.2) is 5.69 Å². The Balaban J connectivity index is 1.68. The van der Waals surface area contributed by atoms with Crippen LogP contribution in [0.2, 0.25) is 0 Å². The van der Waals surface area contributed by atoms with Crippen molar-refractivity contribution in [3.8, 4) is 11.4 Å². The zero-order valence-corrected chi connectivity index (χ0v) is 22.6. The molecule has 1 atom stereocenters. The van der Waals surface area contributed by atoms with Crippen LogP contribution >= 0.6 is 0 Å². The molecule has 0 unspecified atom stereocenters. The molecular formula is C30H38N4O4. The first-order valence-electron chi connectivity index (χ1n) is 13.6. The zero-order valence-electron chi connectivity index (χ0n) is 22.6. The Bertz CT molecular complexity index is 1280. The van der Waals surface area contributed by atoms with Crippen LogP contribution in [0.3, 0.4) is 0 Å². The Morgan fingerprint density at radius 2 is 1.71 bits per heavy atom. The Hall–Kier alpha value is -3.65. The summed E-state index contributed by atoms with van der Waals surface area (Å²) in [7, 11) is 0. The molecule has 38 heavy (non-hydrogen) atoms. The fourth-order valence-corrected chi connectivity index (χ4v) is 5.02. The lowest BCUT2D eigenvalue weighted by atomic mass is 9.93. The number of nitrogens with zero attached hydrogens (tertiary/aromatic N) is 4. The Morgan fingerprint density at radius 1 is 1.03 bits per heavy atom. The highest BCUT2D eigenvalue weighted by Gasteiger charge is 2.32. The number of aliphatic hydroxyl groups excluding tert-OH is 1. The second-order valence-corrected chi connectivity index (χ2v) is 10.0. The van der Waals surface area contributed by atoms with E-state index >= 15 is 0 Å². The van der Waals surface area contributed by atoms with Crippen LogP contribution in [0.25, 0.3) is 5.69 Å². The number of aromatic nitrogens is 2. The molecule has 0 aliphatic carbocycles. The number of carbonyl (C=O) groups is 2. The summed E-state index contributed by atoms with van der Waals surface area (Å²) in [5, 5.41) is 25.0. The number of phenols is 1. The van der Waals surface area contributed by atoms with Gasteiger partial charge in [0.1, 0.15) is 5.75 Å². The van der Waals surface area contributed by atoms with Gasteiger partial charge in [0, 0.05) is 25.3 Å². The van der Waals surface area contributed by atoms with Crippen molar-refractivity contribution < 1.29 is 19.8 Å². The monoisotopic (exact) mass is 518 g/mol. The Morgan fingerprint density at radius 3 is 2.37 bits per heavy atom. The van der Waals surface area contributed by atoms with Crippen LogP contribution < -0.4 is 0 Å². The van der Waals surface area contributed by atoms with Gasteiger partial charge in [-0.2, -0.15) is 5.10 Å². The molecular weight excluding hydrogens is 480 g/mol. The molecule has 2 heterocycles. The molecule has 2 N–H and O–H groups in total. The molecule has 0 saturated carbocycles. The standard InChI is InChI=1S/C30H38N4O4/c1-4-6-14-32(15-7-5-2)30(38)27-16-21(3)34(31-27)28-13-12-25(36)18-26(28)29(37)33-19-23-11-9-8-10-22(23)17-24(33)20-35/h8-13,16,18,24,35-36H,4-7,14-15,17,19-20H2,1-3H3/t24-/m0/s1. The maximum Gasteiger partial charge on any atom is 0.274 e. The fourth-order valence-electron chi connectivity index (χ4n) is 5.02. The maximum absolute atomic E-state index is 13.9. The third-order valence-corrected chi connectivity index (χ3v) is 7.22. The number of hydrogen-bond donors (Lipinski definition) is 2. The van der Waals surface area contributed by atoms with Crippen molar-refractivity contribution in [2.75, 3.05) is 19.7 Å². The molecule has 0 saturated heterocycles. The van der Waals surface area contributed by atoms with Gasteiger partial charge in [0.25, 0.3) is 11.8 Å². The lowest BCUT2D eigenvalue weighted by Gasteiger charge is -2.36. The van der Waals surface area contributed by atoms with E-state index < -0.39 is 0 Å². The summed E-state index contributed by atoms with van der Waals surface area (Å²) < 4.78 is 1.60. The molecule has 2 amide bonds. The van der Waals surface area contributed by atoms with Crippen LogP contribution in [0.4, 0.5) is 0 Å². The fraction of sp³-hybridized carbons (Fsp3) is 0.433.